The van der Waals surface area contributed by atoms with Crippen LogP contribution in [-0.4, -0.2) is 25.2 Å². The molecule has 2 atom stereocenters. The molecule has 0 radical (unpaired) electrons. The third kappa shape index (κ3) is 2.29. The molecule has 4 heteroatoms. The van der Waals surface area contributed by atoms with E-state index in [1.165, 1.54) is 0 Å². The molecule has 0 bridgehead atoms. The first-order valence-electron chi connectivity index (χ1n) is 8.13. The molecule has 0 aromatic heterocycles. The number of allylic oxidation sites excluding steroid dienone is 6. The fourth-order valence-corrected chi connectivity index (χ4v) is 3.74. The van der Waals surface area contributed by atoms with Crippen LogP contribution >= 0.6 is 0 Å². The van der Waals surface area contributed by atoms with Gasteiger partial charge in [0.25, 0.3) is 0 Å². The third-order valence-electron chi connectivity index (χ3n) is 5.03. The lowest BCUT2D eigenvalue weighted by Crippen LogP contribution is -2.40. The Labute approximate surface area is 142 Å². The zero-order valence-electron chi connectivity index (χ0n) is 14.5. The van der Waals surface area contributed by atoms with Gasteiger partial charge in [-0.15, -0.1) is 0 Å². The molecule has 0 spiro atoms. The van der Waals surface area contributed by atoms with Gasteiger partial charge >= 0.3 is 11.9 Å². The average molecular weight is 326 g/mol. The Balaban J connectivity index is 2.37. The number of rotatable bonds is 0. The highest BCUT2D eigenvalue weighted by molar-refractivity contribution is 5.90. The highest BCUT2D eigenvalue weighted by atomic mass is 16.6. The molecule has 0 N–H and O–H groups in total. The molecule has 0 amide bonds. The Morgan fingerprint density at radius 2 is 1.17 bits per heavy atom. The van der Waals surface area contributed by atoms with Gasteiger partial charge in [-0.25, -0.2) is 0 Å². The summed E-state index contributed by atoms with van der Waals surface area (Å²) in [5, 5.41) is 0. The second-order valence-corrected chi connectivity index (χ2v) is 6.84. The predicted molar refractivity (Wildman–Crippen MR) is 91.0 cm³/mol. The van der Waals surface area contributed by atoms with E-state index in [0.29, 0.717) is 0 Å². The van der Waals surface area contributed by atoms with Crippen molar-refractivity contribution < 1.29 is 19.1 Å². The fraction of sp³-hybridized carbons (Fsp3) is 0.400. The van der Waals surface area contributed by atoms with Crippen molar-refractivity contribution in [3.8, 4) is 0 Å². The number of cyclic esters (lactones) is 2. The first kappa shape index (κ1) is 16.5. The number of esters is 2. The van der Waals surface area contributed by atoms with E-state index in [0.717, 1.165) is 22.3 Å². The van der Waals surface area contributed by atoms with Gasteiger partial charge in [0.2, 0.25) is 0 Å². The maximum absolute atomic E-state index is 12.8. The molecule has 24 heavy (non-hydrogen) atoms. The van der Waals surface area contributed by atoms with Crippen molar-refractivity contribution in [2.24, 2.45) is 10.8 Å². The molecule has 1 aliphatic heterocycles. The molecule has 126 valence electrons. The first-order valence-corrected chi connectivity index (χ1v) is 8.13. The molecule has 0 saturated carbocycles. The van der Waals surface area contributed by atoms with Crippen LogP contribution in [0.3, 0.4) is 0 Å². The molecule has 0 aromatic rings. The lowest BCUT2D eigenvalue weighted by molar-refractivity contribution is -0.160. The standard InChI is InChI=1S/C20H22O4/c1-13-7-5-9-19(3)15(13)16-14(2)8-6-10-20(16,4)18(22)24-12-11-23-17(19)21/h5-10H,11-12H2,1-4H3. The van der Waals surface area contributed by atoms with Gasteiger partial charge in [0.15, 0.2) is 0 Å². The van der Waals surface area contributed by atoms with E-state index in [4.69, 9.17) is 9.47 Å². The first-order chi connectivity index (χ1) is 11.3. The molecule has 3 rings (SSSR count). The largest absolute Gasteiger partial charge is 0.461 e. The van der Waals surface area contributed by atoms with E-state index in [-0.39, 0.29) is 25.2 Å². The van der Waals surface area contributed by atoms with Gasteiger partial charge in [0, 0.05) is 0 Å². The number of hydrogen-bond donors (Lipinski definition) is 0. The van der Waals surface area contributed by atoms with Crippen LogP contribution in [-0.2, 0) is 19.1 Å². The van der Waals surface area contributed by atoms with E-state index in [1.807, 2.05) is 64.2 Å². The van der Waals surface area contributed by atoms with Gasteiger partial charge in [-0.1, -0.05) is 36.5 Å². The summed E-state index contributed by atoms with van der Waals surface area (Å²) in [6, 6.07) is 0. The summed E-state index contributed by atoms with van der Waals surface area (Å²) in [6.45, 7) is 7.75. The summed E-state index contributed by atoms with van der Waals surface area (Å²) in [5.41, 5.74) is 1.72. The van der Waals surface area contributed by atoms with Crippen LogP contribution in [0.5, 0.6) is 0 Å². The minimum absolute atomic E-state index is 0.0635. The monoisotopic (exact) mass is 326 g/mol. The fourth-order valence-electron chi connectivity index (χ4n) is 3.74. The van der Waals surface area contributed by atoms with Gasteiger partial charge in [-0.3, -0.25) is 9.59 Å². The van der Waals surface area contributed by atoms with Crippen LogP contribution in [0, 0.1) is 10.8 Å². The maximum Gasteiger partial charge on any atom is 0.320 e. The molecule has 4 nitrogen and oxygen atoms in total. The predicted octanol–water partition coefficient (Wildman–Crippen LogP) is 3.43. The molecule has 2 unspecified atom stereocenters. The topological polar surface area (TPSA) is 52.6 Å². The number of ether oxygens (including phenoxy) is 2. The van der Waals surface area contributed by atoms with Crippen molar-refractivity contribution in [1.29, 1.82) is 0 Å². The molecule has 1 heterocycles. The molecule has 0 fully saturated rings. The Bertz CT molecular complexity index is 699. The molecule has 0 saturated heterocycles. The normalized spacial score (nSPS) is 33.0. The smallest absolute Gasteiger partial charge is 0.320 e. The van der Waals surface area contributed by atoms with Gasteiger partial charge in [0.05, 0.1) is 0 Å². The highest BCUT2D eigenvalue weighted by Crippen LogP contribution is 2.49. The van der Waals surface area contributed by atoms with Gasteiger partial charge < -0.3 is 9.47 Å². The number of hydrogen-bond acceptors (Lipinski definition) is 4. The minimum Gasteiger partial charge on any atom is -0.461 e. The Morgan fingerprint density at radius 3 is 1.54 bits per heavy atom. The van der Waals surface area contributed by atoms with E-state index in [1.54, 1.807) is 0 Å². The van der Waals surface area contributed by atoms with E-state index < -0.39 is 10.8 Å². The Kier molecular flexibility index (Phi) is 3.86. The van der Waals surface area contributed by atoms with Crippen LogP contribution in [0.15, 0.2) is 58.7 Å². The maximum atomic E-state index is 12.8. The summed E-state index contributed by atoms with van der Waals surface area (Å²) >= 11 is 0. The Morgan fingerprint density at radius 1 is 0.792 bits per heavy atom. The van der Waals surface area contributed by atoms with Gasteiger partial charge in [-0.05, 0) is 50.0 Å². The lowest BCUT2D eigenvalue weighted by Gasteiger charge is -2.39. The second-order valence-electron chi connectivity index (χ2n) is 6.84. The average Bonchev–Trinajstić information content (AvgIpc) is 2.52. The summed E-state index contributed by atoms with van der Waals surface area (Å²) < 4.78 is 10.7. The summed E-state index contributed by atoms with van der Waals surface area (Å²) in [4.78, 5) is 25.6. The van der Waals surface area contributed by atoms with Crippen LogP contribution in [0.4, 0.5) is 0 Å². The number of carbonyl (C=O) groups excluding carboxylic acids is 2. The van der Waals surface area contributed by atoms with Crippen molar-refractivity contribution in [2.45, 2.75) is 27.7 Å². The molecular weight excluding hydrogens is 304 g/mol. The van der Waals surface area contributed by atoms with Crippen LogP contribution in [0.25, 0.3) is 0 Å². The van der Waals surface area contributed by atoms with E-state index >= 15 is 0 Å². The summed E-state index contributed by atoms with van der Waals surface area (Å²) in [7, 11) is 0. The van der Waals surface area contributed by atoms with Gasteiger partial charge in [0.1, 0.15) is 24.0 Å². The SMILES string of the molecule is CC1=CC=CC2(C)C(=O)OCCOC(=O)C3(C)C=CC=C(C)C3=C12. The van der Waals surface area contributed by atoms with E-state index in [2.05, 4.69) is 0 Å². The number of carbonyl (C=O) groups is 2. The van der Waals surface area contributed by atoms with Crippen LogP contribution in [0.1, 0.15) is 27.7 Å². The van der Waals surface area contributed by atoms with Crippen molar-refractivity contribution >= 4 is 11.9 Å². The van der Waals surface area contributed by atoms with Gasteiger partial charge in [-0.2, -0.15) is 0 Å². The molecular formula is C20H22O4. The number of fused-ring (bicyclic) bond motifs is 2. The highest BCUT2D eigenvalue weighted by Gasteiger charge is 2.47. The zero-order valence-corrected chi connectivity index (χ0v) is 14.5. The molecule has 0 aromatic carbocycles. The minimum atomic E-state index is -0.923. The van der Waals surface area contributed by atoms with Crippen molar-refractivity contribution in [1.82, 2.24) is 0 Å². The Hall–Kier alpha value is -2.36. The summed E-state index contributed by atoms with van der Waals surface area (Å²) in [6.07, 6.45) is 11.4. The molecule has 3 aliphatic rings. The van der Waals surface area contributed by atoms with Crippen molar-refractivity contribution in [2.75, 3.05) is 13.2 Å². The van der Waals surface area contributed by atoms with E-state index in [9.17, 15) is 9.59 Å². The molecule has 2 aliphatic carbocycles. The zero-order chi connectivity index (χ0) is 17.5. The van der Waals surface area contributed by atoms with Crippen molar-refractivity contribution in [3.05, 3.63) is 58.7 Å². The summed E-state index contributed by atoms with van der Waals surface area (Å²) in [5.74, 6) is -0.646. The van der Waals surface area contributed by atoms with Crippen LogP contribution in [0.2, 0.25) is 0 Å². The lowest BCUT2D eigenvalue weighted by atomic mass is 9.64. The second kappa shape index (κ2) is 5.62. The quantitative estimate of drug-likeness (QED) is 0.640. The van der Waals surface area contributed by atoms with Crippen molar-refractivity contribution in [3.63, 3.8) is 0 Å². The van der Waals surface area contributed by atoms with Crippen LogP contribution < -0.4 is 0 Å². The third-order valence-corrected chi connectivity index (χ3v) is 5.03.